The van der Waals surface area contributed by atoms with E-state index in [9.17, 15) is 23.6 Å². The average Bonchev–Trinajstić information content (AvgIpc) is 3.46. The maximum Gasteiger partial charge on any atom is 0.323 e. The highest BCUT2D eigenvalue weighted by atomic mass is 35.5. The molecule has 5 N–H and O–H groups in total. The number of para-hydroxylation sites is 1. The van der Waals surface area contributed by atoms with Crippen LogP contribution in [-0.2, 0) is 16.1 Å². The highest BCUT2D eigenvalue weighted by Gasteiger charge is 2.39. The smallest absolute Gasteiger partial charge is 0.323 e. The van der Waals surface area contributed by atoms with Crippen LogP contribution in [0.4, 0.5) is 19.7 Å². The van der Waals surface area contributed by atoms with Crippen molar-refractivity contribution >= 4 is 52.6 Å². The highest BCUT2D eigenvalue weighted by Crippen LogP contribution is 2.29. The first-order chi connectivity index (χ1) is 17.3. The van der Waals surface area contributed by atoms with Gasteiger partial charge >= 0.3 is 12.1 Å². The predicted molar refractivity (Wildman–Crippen MR) is 132 cm³/mol. The van der Waals surface area contributed by atoms with Crippen molar-refractivity contribution in [2.45, 2.75) is 19.0 Å². The third kappa shape index (κ3) is 5.10. The molecule has 0 bridgehead atoms. The average molecular weight is 515 g/mol. The van der Waals surface area contributed by atoms with Crippen molar-refractivity contribution in [1.29, 1.82) is 0 Å². The van der Waals surface area contributed by atoms with Gasteiger partial charge in [0.05, 0.1) is 16.2 Å². The second-order valence-electron chi connectivity index (χ2n) is 8.43. The number of fused-ring (bicyclic) bond motifs is 1. The van der Waals surface area contributed by atoms with E-state index in [0.29, 0.717) is 29.4 Å². The van der Waals surface area contributed by atoms with Gasteiger partial charge in [-0.25, -0.2) is 14.0 Å². The van der Waals surface area contributed by atoms with Crippen molar-refractivity contribution in [3.05, 3.63) is 65.1 Å². The number of benzene rings is 2. The molecule has 4 rings (SSSR count). The molecule has 1 aliphatic heterocycles. The lowest BCUT2D eigenvalue weighted by molar-refractivity contribution is -0.124. The number of nitrogens with one attached hydrogen (secondary N) is 3. The van der Waals surface area contributed by atoms with Crippen molar-refractivity contribution in [2.24, 2.45) is 11.7 Å². The summed E-state index contributed by atoms with van der Waals surface area (Å²) >= 11 is 5.81. The number of carbonyl (C=O) groups excluding carboxylic acids is 4. The van der Waals surface area contributed by atoms with Gasteiger partial charge in [-0.3, -0.25) is 14.2 Å². The number of primary amides is 1. The normalized spacial score (nSPS) is 17.1. The van der Waals surface area contributed by atoms with E-state index in [1.54, 1.807) is 30.3 Å². The Labute approximate surface area is 210 Å². The highest BCUT2D eigenvalue weighted by molar-refractivity contribution is 6.30. The largest absolute Gasteiger partial charge is 0.358 e. The Hall–Kier alpha value is -4.12. The van der Waals surface area contributed by atoms with E-state index in [2.05, 4.69) is 16.0 Å². The molecule has 10 nitrogen and oxygen atoms in total. The summed E-state index contributed by atoms with van der Waals surface area (Å²) in [5.74, 6) is -1.27. The molecule has 188 valence electrons. The summed E-state index contributed by atoms with van der Waals surface area (Å²) in [4.78, 5) is 50.3. The number of anilines is 1. The summed E-state index contributed by atoms with van der Waals surface area (Å²) < 4.78 is 15.4. The summed E-state index contributed by atoms with van der Waals surface area (Å²) in [6, 6.07) is 9.27. The fourth-order valence-corrected chi connectivity index (χ4v) is 4.59. The van der Waals surface area contributed by atoms with Gasteiger partial charge in [0.1, 0.15) is 11.9 Å². The van der Waals surface area contributed by atoms with Gasteiger partial charge in [0.25, 0.3) is 0 Å². The number of nitrogens with two attached hydrogens (primary N) is 1. The minimum Gasteiger partial charge on any atom is -0.358 e. The molecule has 1 aromatic heterocycles. The number of nitrogens with zero attached hydrogens (tertiary/aromatic N) is 2. The van der Waals surface area contributed by atoms with Crippen LogP contribution in [0, 0.1) is 11.7 Å². The van der Waals surface area contributed by atoms with E-state index in [1.165, 1.54) is 27.8 Å². The second kappa shape index (κ2) is 10.6. The van der Waals surface area contributed by atoms with Crippen molar-refractivity contribution in [1.82, 2.24) is 20.1 Å². The van der Waals surface area contributed by atoms with Crippen LogP contribution in [0.3, 0.4) is 0 Å². The monoisotopic (exact) mass is 514 g/mol. The molecule has 2 heterocycles. The van der Waals surface area contributed by atoms with Gasteiger partial charge < -0.3 is 26.6 Å². The van der Waals surface area contributed by atoms with Gasteiger partial charge in [-0.05, 0) is 24.5 Å². The van der Waals surface area contributed by atoms with Crippen LogP contribution in [0.25, 0.3) is 10.9 Å². The number of hydrogen-bond donors (Lipinski definition) is 4. The van der Waals surface area contributed by atoms with Crippen molar-refractivity contribution < 1.29 is 23.6 Å². The minimum atomic E-state index is -0.866. The van der Waals surface area contributed by atoms with Crippen molar-refractivity contribution in [3.8, 4) is 0 Å². The summed E-state index contributed by atoms with van der Waals surface area (Å²) in [6.07, 6.45) is 2.27. The van der Waals surface area contributed by atoms with Crippen LogP contribution in [0.2, 0.25) is 5.02 Å². The maximum atomic E-state index is 14.2. The van der Waals surface area contributed by atoms with Crippen LogP contribution >= 0.6 is 11.6 Å². The zero-order valence-corrected chi connectivity index (χ0v) is 19.8. The zero-order valence-electron chi connectivity index (χ0n) is 19.0. The maximum absolute atomic E-state index is 14.2. The molecule has 5 amide bonds. The number of carbonyl (C=O) groups is 4. The quantitative estimate of drug-likeness (QED) is 0.360. The molecule has 12 heteroatoms. The topological polar surface area (TPSA) is 139 Å². The molecule has 0 aliphatic carbocycles. The van der Waals surface area contributed by atoms with Crippen LogP contribution in [0.1, 0.15) is 12.0 Å². The summed E-state index contributed by atoms with van der Waals surface area (Å²) in [5.41, 5.74) is 6.53. The number of amides is 5. The second-order valence-corrected chi connectivity index (χ2v) is 8.83. The molecule has 2 atom stereocenters. The SMILES string of the molecule is NC(=O)n1cc(NC(=O)N2CC(CNC=O)CC2C(=O)NCc2cccc(Cl)c2F)c2ccccc21. The zero-order chi connectivity index (χ0) is 25.8. The molecular weight excluding hydrogens is 491 g/mol. The first-order valence-corrected chi connectivity index (χ1v) is 11.5. The van der Waals surface area contributed by atoms with Crippen LogP contribution in [0.5, 0.6) is 0 Å². The third-order valence-electron chi connectivity index (χ3n) is 6.12. The molecule has 3 aromatic rings. The van der Waals surface area contributed by atoms with E-state index >= 15 is 0 Å². The van der Waals surface area contributed by atoms with Gasteiger partial charge in [0, 0.05) is 36.8 Å². The Morgan fingerprint density at radius 3 is 2.69 bits per heavy atom. The Morgan fingerprint density at radius 1 is 1.17 bits per heavy atom. The van der Waals surface area contributed by atoms with Gasteiger partial charge in [-0.1, -0.05) is 41.9 Å². The van der Waals surface area contributed by atoms with Crippen LogP contribution < -0.4 is 21.7 Å². The summed E-state index contributed by atoms with van der Waals surface area (Å²) in [5, 5.41) is 8.56. The number of halogens is 2. The standard InChI is InChI=1S/C24H24ClFN6O4/c25-17-6-3-4-15(21(17)26)10-29-22(34)20-8-14(9-28-13-33)11-32(20)24(36)30-18-12-31(23(27)35)19-7-2-1-5-16(18)19/h1-7,12-14,20H,8-11H2,(H2,27,35)(H,28,33)(H,29,34)(H,30,36). The molecule has 0 saturated carbocycles. The van der Waals surface area contributed by atoms with Gasteiger partial charge in [-0.2, -0.15) is 0 Å². The Morgan fingerprint density at radius 2 is 1.94 bits per heavy atom. The lowest BCUT2D eigenvalue weighted by Crippen LogP contribution is -2.47. The summed E-state index contributed by atoms with van der Waals surface area (Å²) in [6.45, 7) is 0.367. The molecule has 1 aliphatic rings. The molecule has 0 spiro atoms. The molecule has 1 saturated heterocycles. The molecule has 0 radical (unpaired) electrons. The Balaban J connectivity index is 1.53. The van der Waals surface area contributed by atoms with Gasteiger partial charge in [0.2, 0.25) is 12.3 Å². The van der Waals surface area contributed by atoms with E-state index in [-0.39, 0.29) is 36.1 Å². The number of likely N-dealkylation sites (tertiary alicyclic amines) is 1. The fourth-order valence-electron chi connectivity index (χ4n) is 4.39. The third-order valence-corrected chi connectivity index (χ3v) is 6.41. The first-order valence-electron chi connectivity index (χ1n) is 11.1. The number of hydrogen-bond acceptors (Lipinski definition) is 4. The molecular formula is C24H24ClFN6O4. The van der Waals surface area contributed by atoms with Crippen LogP contribution in [0.15, 0.2) is 48.7 Å². The van der Waals surface area contributed by atoms with E-state index in [1.807, 2.05) is 0 Å². The van der Waals surface area contributed by atoms with Crippen LogP contribution in [-0.4, -0.2) is 53.0 Å². The fraction of sp³-hybridized carbons (Fsp3) is 0.250. The Kier molecular flexibility index (Phi) is 7.39. The Bertz CT molecular complexity index is 1330. The van der Waals surface area contributed by atoms with E-state index in [4.69, 9.17) is 17.3 Å². The molecule has 2 unspecified atom stereocenters. The number of rotatable bonds is 7. The minimum absolute atomic E-state index is 0.0567. The number of urea groups is 1. The van der Waals surface area contributed by atoms with E-state index < -0.39 is 29.8 Å². The molecule has 1 fully saturated rings. The first kappa shape index (κ1) is 25.0. The number of aromatic nitrogens is 1. The lowest BCUT2D eigenvalue weighted by atomic mass is 10.1. The molecule has 2 aromatic carbocycles. The molecule has 36 heavy (non-hydrogen) atoms. The van der Waals surface area contributed by atoms with Crippen molar-refractivity contribution in [3.63, 3.8) is 0 Å². The lowest BCUT2D eigenvalue weighted by Gasteiger charge is -2.24. The predicted octanol–water partition coefficient (Wildman–Crippen LogP) is 2.65. The summed E-state index contributed by atoms with van der Waals surface area (Å²) in [7, 11) is 0. The van der Waals surface area contributed by atoms with Gasteiger partial charge in [-0.15, -0.1) is 0 Å². The van der Waals surface area contributed by atoms with Gasteiger partial charge in [0.15, 0.2) is 0 Å². The van der Waals surface area contributed by atoms with E-state index in [0.717, 1.165) is 0 Å². The van der Waals surface area contributed by atoms with Crippen molar-refractivity contribution in [2.75, 3.05) is 18.4 Å².